The number of nitrogens with one attached hydrogen (secondary N) is 1. The number of hydrogen-bond acceptors (Lipinski definition) is 3. The Morgan fingerprint density at radius 3 is 2.86 bits per heavy atom. The predicted octanol–water partition coefficient (Wildman–Crippen LogP) is 1.63. The molecule has 1 aromatic rings. The molecule has 0 aromatic heterocycles. The lowest BCUT2D eigenvalue weighted by molar-refractivity contribution is -0.127. The van der Waals surface area contributed by atoms with E-state index in [0.29, 0.717) is 11.8 Å². The van der Waals surface area contributed by atoms with Gasteiger partial charge in [0, 0.05) is 38.7 Å². The minimum atomic E-state index is -0.221. The van der Waals surface area contributed by atoms with Crippen LogP contribution >= 0.6 is 0 Å². The molecule has 1 spiro atoms. The van der Waals surface area contributed by atoms with Gasteiger partial charge in [-0.25, -0.2) is 0 Å². The lowest BCUT2D eigenvalue weighted by atomic mass is 9.73. The lowest BCUT2D eigenvalue weighted by Crippen LogP contribution is -2.38. The van der Waals surface area contributed by atoms with Crippen LogP contribution in [-0.2, 0) is 9.53 Å². The fourth-order valence-corrected chi connectivity index (χ4v) is 4.52. The van der Waals surface area contributed by atoms with Gasteiger partial charge in [-0.2, -0.15) is 0 Å². The van der Waals surface area contributed by atoms with E-state index in [1.165, 1.54) is 5.56 Å². The molecule has 3 fully saturated rings. The largest absolute Gasteiger partial charge is 0.381 e. The van der Waals surface area contributed by atoms with Crippen LogP contribution in [0.15, 0.2) is 30.3 Å². The maximum atomic E-state index is 12.6. The number of likely N-dealkylation sites (tertiary alicyclic amines) is 1. The minimum absolute atomic E-state index is 0.221. The molecule has 1 unspecified atom stereocenters. The molecule has 1 N–H and O–H groups in total. The Bertz CT molecular complexity index is 541. The van der Waals surface area contributed by atoms with Crippen molar-refractivity contribution in [1.82, 2.24) is 10.2 Å². The number of carbonyl (C=O) groups is 1. The van der Waals surface area contributed by atoms with E-state index >= 15 is 0 Å². The van der Waals surface area contributed by atoms with Crippen LogP contribution in [0.25, 0.3) is 0 Å². The fourth-order valence-electron chi connectivity index (χ4n) is 4.52. The Balaban J connectivity index is 1.58. The minimum Gasteiger partial charge on any atom is -0.381 e. The second kappa shape index (κ2) is 5.67. The Hall–Kier alpha value is -1.39. The SMILES string of the molecule is O=C1NCC[C@]12CN(CC1CCOC1)C[C@H]2c1ccccc1. The lowest BCUT2D eigenvalue weighted by Gasteiger charge is -2.27. The van der Waals surface area contributed by atoms with Crippen molar-refractivity contribution in [1.29, 1.82) is 0 Å². The van der Waals surface area contributed by atoms with E-state index in [0.717, 1.165) is 52.2 Å². The standard InChI is InChI=1S/C18H24N2O2/c21-17-18(7-8-19-17)13-20(10-14-6-9-22-12-14)11-16(18)15-4-2-1-3-5-15/h1-5,14,16H,6-13H2,(H,19,21)/t14?,16-,18+/m0/s1. The first-order chi connectivity index (χ1) is 10.8. The highest BCUT2D eigenvalue weighted by molar-refractivity contribution is 5.86. The average molecular weight is 300 g/mol. The zero-order valence-corrected chi connectivity index (χ0v) is 13.0. The molecule has 0 aliphatic carbocycles. The van der Waals surface area contributed by atoms with Crippen LogP contribution in [-0.4, -0.2) is 50.2 Å². The molecular formula is C18H24N2O2. The molecule has 1 aromatic carbocycles. The van der Waals surface area contributed by atoms with E-state index in [4.69, 9.17) is 4.74 Å². The number of nitrogens with zero attached hydrogens (tertiary/aromatic N) is 1. The van der Waals surface area contributed by atoms with Gasteiger partial charge in [0.15, 0.2) is 0 Å². The van der Waals surface area contributed by atoms with Gasteiger partial charge in [0.1, 0.15) is 0 Å². The molecule has 22 heavy (non-hydrogen) atoms. The van der Waals surface area contributed by atoms with Crippen molar-refractivity contribution >= 4 is 5.91 Å². The van der Waals surface area contributed by atoms with Crippen LogP contribution in [0.4, 0.5) is 0 Å². The third-order valence-electron chi connectivity index (χ3n) is 5.66. The molecule has 0 saturated carbocycles. The summed E-state index contributed by atoms with van der Waals surface area (Å²) in [7, 11) is 0. The number of hydrogen-bond donors (Lipinski definition) is 1. The number of rotatable bonds is 3. The van der Waals surface area contributed by atoms with Crippen molar-refractivity contribution in [3.05, 3.63) is 35.9 Å². The van der Waals surface area contributed by atoms with Crippen LogP contribution in [0.5, 0.6) is 0 Å². The summed E-state index contributed by atoms with van der Waals surface area (Å²) in [5.74, 6) is 1.21. The van der Waals surface area contributed by atoms with E-state index in [1.54, 1.807) is 0 Å². The van der Waals surface area contributed by atoms with E-state index < -0.39 is 0 Å². The summed E-state index contributed by atoms with van der Waals surface area (Å²) in [6, 6.07) is 10.6. The molecule has 4 rings (SSSR count). The van der Waals surface area contributed by atoms with Crippen molar-refractivity contribution < 1.29 is 9.53 Å². The molecule has 4 heteroatoms. The summed E-state index contributed by atoms with van der Waals surface area (Å²) in [4.78, 5) is 15.1. The maximum absolute atomic E-state index is 12.6. The quantitative estimate of drug-likeness (QED) is 0.922. The van der Waals surface area contributed by atoms with Gasteiger partial charge >= 0.3 is 0 Å². The smallest absolute Gasteiger partial charge is 0.228 e. The molecule has 4 nitrogen and oxygen atoms in total. The van der Waals surface area contributed by atoms with Gasteiger partial charge in [0.05, 0.1) is 12.0 Å². The summed E-state index contributed by atoms with van der Waals surface area (Å²) in [5, 5.41) is 3.08. The number of ether oxygens (including phenoxy) is 1. The van der Waals surface area contributed by atoms with E-state index in [9.17, 15) is 4.79 Å². The van der Waals surface area contributed by atoms with Gasteiger partial charge in [0.2, 0.25) is 5.91 Å². The number of carbonyl (C=O) groups excluding carboxylic acids is 1. The van der Waals surface area contributed by atoms with Gasteiger partial charge < -0.3 is 15.0 Å². The van der Waals surface area contributed by atoms with Gasteiger partial charge in [-0.3, -0.25) is 4.79 Å². The summed E-state index contributed by atoms with van der Waals surface area (Å²) in [6.45, 7) is 5.56. The second-order valence-corrected chi connectivity index (χ2v) is 7.05. The molecule has 3 saturated heterocycles. The first-order valence-corrected chi connectivity index (χ1v) is 8.41. The van der Waals surface area contributed by atoms with Crippen molar-refractivity contribution in [3.8, 4) is 0 Å². The first kappa shape index (κ1) is 14.2. The molecular weight excluding hydrogens is 276 g/mol. The fraction of sp³-hybridized carbons (Fsp3) is 0.611. The third kappa shape index (κ3) is 2.34. The molecule has 118 valence electrons. The molecule has 0 radical (unpaired) electrons. The Morgan fingerprint density at radius 1 is 1.32 bits per heavy atom. The third-order valence-corrected chi connectivity index (χ3v) is 5.66. The molecule has 3 atom stereocenters. The zero-order valence-electron chi connectivity index (χ0n) is 13.0. The summed E-state index contributed by atoms with van der Waals surface area (Å²) < 4.78 is 5.51. The van der Waals surface area contributed by atoms with Crippen molar-refractivity contribution in [2.24, 2.45) is 11.3 Å². The molecule has 3 aliphatic rings. The zero-order chi connectivity index (χ0) is 15.0. The molecule has 3 aliphatic heterocycles. The molecule has 0 bridgehead atoms. The van der Waals surface area contributed by atoms with Gasteiger partial charge in [-0.05, 0) is 24.3 Å². The topological polar surface area (TPSA) is 41.6 Å². The number of benzene rings is 1. The van der Waals surface area contributed by atoms with Crippen molar-refractivity contribution in [3.63, 3.8) is 0 Å². The van der Waals surface area contributed by atoms with E-state index in [2.05, 4.69) is 34.5 Å². The van der Waals surface area contributed by atoms with Gasteiger partial charge in [-0.1, -0.05) is 30.3 Å². The second-order valence-electron chi connectivity index (χ2n) is 7.05. The average Bonchev–Trinajstić information content (AvgIpc) is 3.25. The summed E-state index contributed by atoms with van der Waals surface area (Å²) in [6.07, 6.45) is 2.12. The van der Waals surface area contributed by atoms with Crippen LogP contribution in [0, 0.1) is 11.3 Å². The van der Waals surface area contributed by atoms with Gasteiger partial charge in [0.25, 0.3) is 0 Å². The van der Waals surface area contributed by atoms with Crippen molar-refractivity contribution in [2.45, 2.75) is 18.8 Å². The molecule has 1 amide bonds. The maximum Gasteiger partial charge on any atom is 0.228 e. The first-order valence-electron chi connectivity index (χ1n) is 8.41. The predicted molar refractivity (Wildman–Crippen MR) is 84.6 cm³/mol. The highest BCUT2D eigenvalue weighted by Gasteiger charge is 2.54. The van der Waals surface area contributed by atoms with Crippen LogP contribution in [0.3, 0.4) is 0 Å². The monoisotopic (exact) mass is 300 g/mol. The highest BCUT2D eigenvalue weighted by atomic mass is 16.5. The Labute approximate surface area is 131 Å². The van der Waals surface area contributed by atoms with Crippen LogP contribution < -0.4 is 5.32 Å². The van der Waals surface area contributed by atoms with Crippen molar-refractivity contribution in [2.75, 3.05) is 39.4 Å². The van der Waals surface area contributed by atoms with E-state index in [-0.39, 0.29) is 11.3 Å². The normalized spacial score (nSPS) is 35.4. The number of amides is 1. The molecule has 3 heterocycles. The Morgan fingerprint density at radius 2 is 2.18 bits per heavy atom. The summed E-state index contributed by atoms with van der Waals surface area (Å²) in [5.41, 5.74) is 1.09. The van der Waals surface area contributed by atoms with E-state index in [1.807, 2.05) is 6.07 Å². The van der Waals surface area contributed by atoms with Crippen LogP contribution in [0.2, 0.25) is 0 Å². The summed E-state index contributed by atoms with van der Waals surface area (Å²) >= 11 is 0. The van der Waals surface area contributed by atoms with Gasteiger partial charge in [-0.15, -0.1) is 0 Å². The van der Waals surface area contributed by atoms with Crippen LogP contribution in [0.1, 0.15) is 24.3 Å². The Kier molecular flexibility index (Phi) is 3.66. The highest BCUT2D eigenvalue weighted by Crippen LogP contribution is 2.47.